The van der Waals surface area contributed by atoms with Crippen LogP contribution in [0.25, 0.3) is 0 Å². The minimum absolute atomic E-state index is 0.0227. The monoisotopic (exact) mass is 213 g/mol. The molecular formula is C10H15NO2S. The summed E-state index contributed by atoms with van der Waals surface area (Å²) in [6.07, 6.45) is 1.54. The summed E-state index contributed by atoms with van der Waals surface area (Å²) in [6, 6.07) is 3.79. The third-order valence-electron chi connectivity index (χ3n) is 1.92. The van der Waals surface area contributed by atoms with Crippen LogP contribution in [0.4, 0.5) is 0 Å². The van der Waals surface area contributed by atoms with Gasteiger partial charge in [0.25, 0.3) is 5.91 Å². The third-order valence-corrected chi connectivity index (χ3v) is 2.79. The van der Waals surface area contributed by atoms with Gasteiger partial charge in [-0.25, -0.2) is 0 Å². The molecule has 1 unspecified atom stereocenters. The van der Waals surface area contributed by atoms with E-state index in [0.29, 0.717) is 0 Å². The standard InChI is InChI=1S/C10H15NO2S/c1-8(4-2-6-12)11-10(13)9-5-3-7-14-9/h3,5,7-8,12H,2,4,6H2,1H3,(H,11,13). The molecule has 0 bridgehead atoms. The van der Waals surface area contributed by atoms with Crippen LogP contribution in [0.15, 0.2) is 17.5 Å². The van der Waals surface area contributed by atoms with Crippen molar-refractivity contribution in [2.24, 2.45) is 0 Å². The first-order chi connectivity index (χ1) is 6.74. The van der Waals surface area contributed by atoms with Crippen LogP contribution in [-0.4, -0.2) is 23.7 Å². The van der Waals surface area contributed by atoms with Crippen molar-refractivity contribution < 1.29 is 9.90 Å². The minimum Gasteiger partial charge on any atom is -0.396 e. The molecule has 1 rings (SSSR count). The van der Waals surface area contributed by atoms with E-state index in [1.54, 1.807) is 6.07 Å². The van der Waals surface area contributed by atoms with Gasteiger partial charge in [-0.3, -0.25) is 4.79 Å². The second-order valence-electron chi connectivity index (χ2n) is 3.22. The van der Waals surface area contributed by atoms with E-state index in [-0.39, 0.29) is 18.6 Å². The Bertz CT molecular complexity index is 272. The molecule has 0 aliphatic rings. The van der Waals surface area contributed by atoms with Crippen molar-refractivity contribution in [3.05, 3.63) is 22.4 Å². The highest BCUT2D eigenvalue weighted by molar-refractivity contribution is 7.12. The van der Waals surface area contributed by atoms with E-state index in [1.807, 2.05) is 18.4 Å². The Morgan fingerprint density at radius 3 is 3.07 bits per heavy atom. The quantitative estimate of drug-likeness (QED) is 0.781. The van der Waals surface area contributed by atoms with Gasteiger partial charge in [-0.2, -0.15) is 0 Å². The van der Waals surface area contributed by atoms with Crippen molar-refractivity contribution in [2.45, 2.75) is 25.8 Å². The van der Waals surface area contributed by atoms with Crippen molar-refractivity contribution in [3.63, 3.8) is 0 Å². The normalized spacial score (nSPS) is 12.4. The van der Waals surface area contributed by atoms with E-state index < -0.39 is 0 Å². The SMILES string of the molecule is CC(CCCO)NC(=O)c1cccs1. The van der Waals surface area contributed by atoms with Gasteiger partial charge in [0.2, 0.25) is 0 Å². The largest absolute Gasteiger partial charge is 0.396 e. The predicted molar refractivity (Wildman–Crippen MR) is 57.6 cm³/mol. The van der Waals surface area contributed by atoms with Crippen LogP contribution in [0.3, 0.4) is 0 Å². The number of aliphatic hydroxyl groups excluding tert-OH is 1. The molecule has 0 saturated carbocycles. The molecule has 0 spiro atoms. The van der Waals surface area contributed by atoms with E-state index in [1.165, 1.54) is 11.3 Å². The molecule has 1 aromatic rings. The molecular weight excluding hydrogens is 198 g/mol. The van der Waals surface area contributed by atoms with Crippen molar-refractivity contribution in [1.82, 2.24) is 5.32 Å². The number of carbonyl (C=O) groups is 1. The first kappa shape index (κ1) is 11.2. The first-order valence-corrected chi connectivity index (χ1v) is 5.57. The fourth-order valence-corrected chi connectivity index (χ4v) is 1.80. The molecule has 1 aromatic heterocycles. The van der Waals surface area contributed by atoms with Gasteiger partial charge in [0, 0.05) is 12.6 Å². The Kier molecular flexibility index (Phi) is 4.62. The second kappa shape index (κ2) is 5.78. The zero-order valence-electron chi connectivity index (χ0n) is 8.19. The lowest BCUT2D eigenvalue weighted by Crippen LogP contribution is -2.32. The van der Waals surface area contributed by atoms with Crippen molar-refractivity contribution >= 4 is 17.2 Å². The van der Waals surface area contributed by atoms with Gasteiger partial charge < -0.3 is 10.4 Å². The maximum Gasteiger partial charge on any atom is 0.261 e. The van der Waals surface area contributed by atoms with Crippen molar-refractivity contribution in [3.8, 4) is 0 Å². The van der Waals surface area contributed by atoms with Crippen LogP contribution in [0.5, 0.6) is 0 Å². The summed E-state index contributed by atoms with van der Waals surface area (Å²) in [5.41, 5.74) is 0. The Morgan fingerprint density at radius 1 is 1.71 bits per heavy atom. The summed E-state index contributed by atoms with van der Waals surface area (Å²) in [5, 5.41) is 13.4. The fourth-order valence-electron chi connectivity index (χ4n) is 1.17. The highest BCUT2D eigenvalue weighted by Gasteiger charge is 2.09. The van der Waals surface area contributed by atoms with E-state index in [0.717, 1.165) is 17.7 Å². The maximum absolute atomic E-state index is 11.5. The number of hydrogen-bond acceptors (Lipinski definition) is 3. The number of hydrogen-bond donors (Lipinski definition) is 2. The fraction of sp³-hybridized carbons (Fsp3) is 0.500. The summed E-state index contributed by atoms with van der Waals surface area (Å²) in [4.78, 5) is 12.3. The highest BCUT2D eigenvalue weighted by atomic mass is 32.1. The molecule has 0 aliphatic carbocycles. The lowest BCUT2D eigenvalue weighted by molar-refractivity contribution is 0.0940. The zero-order valence-corrected chi connectivity index (χ0v) is 9.01. The van der Waals surface area contributed by atoms with Crippen LogP contribution in [-0.2, 0) is 0 Å². The molecule has 0 saturated heterocycles. The molecule has 0 radical (unpaired) electrons. The average Bonchev–Trinajstić information content (AvgIpc) is 2.67. The molecule has 1 heterocycles. The van der Waals surface area contributed by atoms with E-state index in [9.17, 15) is 4.79 Å². The van der Waals surface area contributed by atoms with E-state index >= 15 is 0 Å². The number of amides is 1. The summed E-state index contributed by atoms with van der Waals surface area (Å²) in [6.45, 7) is 2.13. The molecule has 2 N–H and O–H groups in total. The molecule has 3 nitrogen and oxygen atoms in total. The van der Waals surface area contributed by atoms with Crippen LogP contribution >= 0.6 is 11.3 Å². The van der Waals surface area contributed by atoms with E-state index in [4.69, 9.17) is 5.11 Å². The molecule has 1 amide bonds. The molecule has 0 aliphatic heterocycles. The number of nitrogens with one attached hydrogen (secondary N) is 1. The summed E-state index contributed by atoms with van der Waals surface area (Å²) in [5.74, 6) is -0.0227. The van der Waals surface area contributed by atoms with Gasteiger partial charge in [0.05, 0.1) is 4.88 Å². The number of thiophene rings is 1. The van der Waals surface area contributed by atoms with Crippen LogP contribution < -0.4 is 5.32 Å². The van der Waals surface area contributed by atoms with Crippen LogP contribution in [0.1, 0.15) is 29.4 Å². The Hall–Kier alpha value is -0.870. The lowest BCUT2D eigenvalue weighted by Gasteiger charge is -2.11. The predicted octanol–water partition coefficient (Wildman–Crippen LogP) is 1.64. The second-order valence-corrected chi connectivity index (χ2v) is 4.17. The summed E-state index contributed by atoms with van der Waals surface area (Å²) < 4.78 is 0. The Labute approximate surface area is 87.8 Å². The number of rotatable bonds is 5. The van der Waals surface area contributed by atoms with Gasteiger partial charge in [-0.05, 0) is 31.2 Å². The van der Waals surface area contributed by atoms with Crippen molar-refractivity contribution in [1.29, 1.82) is 0 Å². The van der Waals surface area contributed by atoms with Crippen LogP contribution in [0, 0.1) is 0 Å². The molecule has 1 atom stereocenters. The van der Waals surface area contributed by atoms with Gasteiger partial charge in [-0.1, -0.05) is 6.07 Å². The summed E-state index contributed by atoms with van der Waals surface area (Å²) in [7, 11) is 0. The summed E-state index contributed by atoms with van der Waals surface area (Å²) >= 11 is 1.44. The number of carbonyl (C=O) groups excluding carboxylic acids is 1. The minimum atomic E-state index is -0.0227. The molecule has 0 aromatic carbocycles. The molecule has 4 heteroatoms. The number of aliphatic hydroxyl groups is 1. The Balaban J connectivity index is 2.34. The van der Waals surface area contributed by atoms with Gasteiger partial charge in [0.1, 0.15) is 0 Å². The highest BCUT2D eigenvalue weighted by Crippen LogP contribution is 2.08. The van der Waals surface area contributed by atoms with Gasteiger partial charge in [0.15, 0.2) is 0 Å². The molecule has 0 fully saturated rings. The topological polar surface area (TPSA) is 49.3 Å². The van der Waals surface area contributed by atoms with E-state index in [2.05, 4.69) is 5.32 Å². The first-order valence-electron chi connectivity index (χ1n) is 4.69. The smallest absolute Gasteiger partial charge is 0.261 e. The zero-order chi connectivity index (χ0) is 10.4. The lowest BCUT2D eigenvalue weighted by atomic mass is 10.2. The Morgan fingerprint density at radius 2 is 2.50 bits per heavy atom. The average molecular weight is 213 g/mol. The molecule has 78 valence electrons. The van der Waals surface area contributed by atoms with Gasteiger partial charge >= 0.3 is 0 Å². The maximum atomic E-state index is 11.5. The van der Waals surface area contributed by atoms with Crippen LogP contribution in [0.2, 0.25) is 0 Å². The van der Waals surface area contributed by atoms with Gasteiger partial charge in [-0.15, -0.1) is 11.3 Å². The van der Waals surface area contributed by atoms with Crippen molar-refractivity contribution in [2.75, 3.05) is 6.61 Å². The third kappa shape index (κ3) is 3.47. The molecule has 14 heavy (non-hydrogen) atoms.